The van der Waals surface area contributed by atoms with Gasteiger partial charge in [-0.1, -0.05) is 43.7 Å². The average molecular weight is 906 g/mol. The van der Waals surface area contributed by atoms with E-state index in [0.717, 1.165) is 51.6 Å². The first kappa shape index (κ1) is 44.3. The highest BCUT2D eigenvalue weighted by atomic mass is 35.5. The van der Waals surface area contributed by atoms with Gasteiger partial charge in [-0.15, -0.1) is 0 Å². The second-order valence-electron chi connectivity index (χ2n) is 18.9. The summed E-state index contributed by atoms with van der Waals surface area (Å²) in [4.78, 5) is 68.5. The minimum atomic E-state index is -1.40. The highest BCUT2D eigenvalue weighted by Crippen LogP contribution is 2.52. The topological polar surface area (TPSA) is 207 Å². The number of carbonyl (C=O) groups excluding carboxylic acids is 3. The summed E-state index contributed by atoms with van der Waals surface area (Å²) in [6.07, 6.45) is 8.42. The molecule has 0 radical (unpaired) electrons. The number of morpholine rings is 1. The average Bonchev–Trinajstić information content (AvgIpc) is 3.92. The van der Waals surface area contributed by atoms with Crippen molar-refractivity contribution in [1.29, 1.82) is 0 Å². The standard InChI is InChI=1S/C46H60ClN7O10/c1-26(2)48-44-50-35(25-62-44)34-22-38(32-10-11-37(39(47)40(32)49-34)61-17-14-53-12-15-60-16-13-53)63-31-21-36-41(55)52-46(43(57)58)23-29(46)8-6-4-3-5-7-9-33(42(56)54(36)24-31)51-45(59)64-30-19-27-18-28(27)20-30/h10-11,22,25-31,33,36H,3-9,12-21,23-24H2,1-2H3,(H,48,50)(H,51,59)(H,52,55)(H,57,58)/t27-,28+,29-,30?,31-,33+,36+,46-/m1/s1. The van der Waals surface area contributed by atoms with Gasteiger partial charge in [0.1, 0.15) is 64.9 Å². The summed E-state index contributed by atoms with van der Waals surface area (Å²) in [7, 11) is 0. The van der Waals surface area contributed by atoms with Gasteiger partial charge in [-0.25, -0.2) is 14.6 Å². The molecule has 3 saturated heterocycles. The lowest BCUT2D eigenvalue weighted by molar-refractivity contribution is -0.146. The second kappa shape index (κ2) is 18.9. The number of alkyl carbamates (subject to hydrolysis) is 1. The van der Waals surface area contributed by atoms with Crippen molar-refractivity contribution in [3.05, 3.63) is 29.5 Å². The zero-order valence-electron chi connectivity index (χ0n) is 36.7. The van der Waals surface area contributed by atoms with E-state index in [9.17, 15) is 24.3 Å². The summed E-state index contributed by atoms with van der Waals surface area (Å²) in [5, 5.41) is 20.2. The smallest absolute Gasteiger partial charge is 0.408 e. The van der Waals surface area contributed by atoms with Gasteiger partial charge >= 0.3 is 12.1 Å². The number of aromatic nitrogens is 2. The molecule has 18 heteroatoms. The second-order valence-corrected chi connectivity index (χ2v) is 19.2. The van der Waals surface area contributed by atoms with E-state index in [4.69, 9.17) is 39.9 Å². The van der Waals surface area contributed by atoms with E-state index >= 15 is 0 Å². The van der Waals surface area contributed by atoms with E-state index in [1.165, 1.54) is 17.6 Å². The number of nitrogens with zero attached hydrogens (tertiary/aromatic N) is 4. The van der Waals surface area contributed by atoms with Crippen LogP contribution in [0.5, 0.6) is 11.5 Å². The number of anilines is 1. The Kier molecular flexibility index (Phi) is 13.1. The maximum atomic E-state index is 14.8. The predicted molar refractivity (Wildman–Crippen MR) is 235 cm³/mol. The van der Waals surface area contributed by atoms with Crippen molar-refractivity contribution in [2.24, 2.45) is 17.8 Å². The van der Waals surface area contributed by atoms with Gasteiger partial charge in [0, 0.05) is 43.5 Å². The monoisotopic (exact) mass is 905 g/mol. The van der Waals surface area contributed by atoms with Gasteiger partial charge in [0.25, 0.3) is 6.01 Å². The Morgan fingerprint density at radius 2 is 1.75 bits per heavy atom. The normalized spacial score (nSPS) is 29.8. The van der Waals surface area contributed by atoms with Gasteiger partial charge in [0.05, 0.1) is 31.0 Å². The molecule has 3 aliphatic heterocycles. The van der Waals surface area contributed by atoms with Crippen molar-refractivity contribution in [3.8, 4) is 22.9 Å². The van der Waals surface area contributed by atoms with Gasteiger partial charge in [-0.05, 0) is 82.3 Å². The van der Waals surface area contributed by atoms with Gasteiger partial charge in [-0.3, -0.25) is 14.5 Å². The summed E-state index contributed by atoms with van der Waals surface area (Å²) < 4.78 is 30.0. The minimum absolute atomic E-state index is 0.0122. The maximum absolute atomic E-state index is 14.8. The highest BCUT2D eigenvalue weighted by Gasteiger charge is 2.62. The Balaban J connectivity index is 1.01. The molecule has 1 unspecified atom stereocenters. The van der Waals surface area contributed by atoms with E-state index in [0.29, 0.717) is 104 Å². The zero-order valence-corrected chi connectivity index (χ0v) is 37.4. The predicted octanol–water partition coefficient (Wildman–Crippen LogP) is 6.02. The Labute approximate surface area is 377 Å². The molecule has 3 saturated carbocycles. The number of aliphatic carboxylic acids is 1. The van der Waals surface area contributed by atoms with Gasteiger partial charge < -0.3 is 49.3 Å². The Morgan fingerprint density at radius 3 is 2.52 bits per heavy atom. The third kappa shape index (κ3) is 9.86. The Bertz CT molecular complexity index is 2210. The van der Waals surface area contributed by atoms with E-state index in [2.05, 4.69) is 25.8 Å². The number of benzene rings is 1. The number of rotatable bonds is 12. The van der Waals surface area contributed by atoms with Crippen LogP contribution < -0.4 is 25.4 Å². The molecule has 3 amide bonds. The van der Waals surface area contributed by atoms with Crippen molar-refractivity contribution >= 4 is 52.4 Å². The number of hydrogen-bond donors (Lipinski definition) is 4. The van der Waals surface area contributed by atoms with Crippen LogP contribution in [0.3, 0.4) is 0 Å². The fraction of sp³-hybridized carbons (Fsp3) is 0.652. The molecule has 3 aromatic rings. The molecule has 1 aromatic carbocycles. The number of nitrogens with one attached hydrogen (secondary N) is 3. The van der Waals surface area contributed by atoms with Crippen molar-refractivity contribution < 1.29 is 47.6 Å². The molecule has 346 valence electrons. The van der Waals surface area contributed by atoms with Crippen LogP contribution in [0.1, 0.15) is 90.9 Å². The first-order chi connectivity index (χ1) is 30.9. The summed E-state index contributed by atoms with van der Waals surface area (Å²) in [5.74, 6) is -0.251. The number of carboxylic acids is 1. The first-order valence-corrected chi connectivity index (χ1v) is 23.6. The molecular weight excluding hydrogens is 846 g/mol. The van der Waals surface area contributed by atoms with Crippen LogP contribution in [0.25, 0.3) is 22.3 Å². The largest absolute Gasteiger partial charge is 0.491 e. The number of carboxylic acid groups (broad SMARTS) is 1. The highest BCUT2D eigenvalue weighted by molar-refractivity contribution is 6.36. The number of hydrogen-bond acceptors (Lipinski definition) is 13. The van der Waals surface area contributed by atoms with Crippen molar-refractivity contribution in [1.82, 2.24) is 30.4 Å². The first-order valence-electron chi connectivity index (χ1n) is 23.2. The molecule has 0 bridgehead atoms. The molecule has 8 atom stereocenters. The van der Waals surface area contributed by atoms with Gasteiger partial charge in [0.2, 0.25) is 11.8 Å². The summed E-state index contributed by atoms with van der Waals surface area (Å²) in [6.45, 7) is 8.03. The van der Waals surface area contributed by atoms with Gasteiger partial charge in [-0.2, -0.15) is 4.98 Å². The molecule has 5 heterocycles. The maximum Gasteiger partial charge on any atom is 0.408 e. The van der Waals surface area contributed by atoms with Crippen LogP contribution in [0, 0.1) is 17.8 Å². The van der Waals surface area contributed by atoms with Crippen LogP contribution in [0.4, 0.5) is 10.8 Å². The SMILES string of the molecule is CC(C)Nc1nc(-c2cc(O[C@@H]3C[C@H]4C(=O)N[C@]5(C(=O)O)C[C@H]5CCCCCCC[C@H](NC(=O)OC5C[C@@H]6C[C@@H]6C5)C(=O)N4C3)c3ccc(OCCN4CCOCC4)c(Cl)c3n2)co1. The molecule has 0 spiro atoms. The third-order valence-electron chi connectivity index (χ3n) is 13.9. The van der Waals surface area contributed by atoms with Gasteiger partial charge in [0.15, 0.2) is 0 Å². The van der Waals surface area contributed by atoms with Crippen molar-refractivity contribution in [2.75, 3.05) is 51.3 Å². The third-order valence-corrected chi connectivity index (χ3v) is 14.2. The molecule has 6 aliphatic rings. The lowest BCUT2D eigenvalue weighted by Gasteiger charge is -2.29. The number of halogens is 1. The van der Waals surface area contributed by atoms with Crippen LogP contribution in [-0.2, 0) is 23.9 Å². The molecule has 64 heavy (non-hydrogen) atoms. The lowest BCUT2D eigenvalue weighted by atomic mass is 10.0. The number of amides is 3. The number of oxazole rings is 1. The van der Waals surface area contributed by atoms with E-state index < -0.39 is 47.6 Å². The molecule has 9 rings (SSSR count). The van der Waals surface area contributed by atoms with Crippen LogP contribution in [0.15, 0.2) is 28.9 Å². The van der Waals surface area contributed by atoms with E-state index in [-0.39, 0.29) is 36.1 Å². The van der Waals surface area contributed by atoms with Crippen molar-refractivity contribution in [2.45, 2.75) is 127 Å². The number of fused-ring (bicyclic) bond motifs is 4. The van der Waals surface area contributed by atoms with Crippen LogP contribution in [-0.4, -0.2) is 131 Å². The number of ether oxygens (including phenoxy) is 4. The summed E-state index contributed by atoms with van der Waals surface area (Å²) in [6, 6.07) is 3.66. The van der Waals surface area contributed by atoms with E-state index in [1.807, 2.05) is 19.9 Å². The quantitative estimate of drug-likeness (QED) is 0.164. The molecular formula is C46H60ClN7O10. The lowest BCUT2D eigenvalue weighted by Crippen LogP contribution is -2.56. The molecule has 6 fully saturated rings. The molecule has 2 aromatic heterocycles. The molecule has 4 N–H and O–H groups in total. The minimum Gasteiger partial charge on any atom is -0.491 e. The Hall–Kier alpha value is -4.87. The van der Waals surface area contributed by atoms with Crippen LogP contribution >= 0.6 is 11.6 Å². The Morgan fingerprint density at radius 1 is 0.984 bits per heavy atom. The summed E-state index contributed by atoms with van der Waals surface area (Å²) in [5.41, 5.74) is -0.176. The summed E-state index contributed by atoms with van der Waals surface area (Å²) >= 11 is 7.10. The van der Waals surface area contributed by atoms with E-state index in [1.54, 1.807) is 12.1 Å². The fourth-order valence-electron chi connectivity index (χ4n) is 10.2. The number of pyridine rings is 1. The molecule has 17 nitrogen and oxygen atoms in total. The van der Waals surface area contributed by atoms with Crippen LogP contribution in [0.2, 0.25) is 5.02 Å². The molecule has 3 aliphatic carbocycles. The fourth-order valence-corrected chi connectivity index (χ4v) is 10.4. The van der Waals surface area contributed by atoms with Crippen molar-refractivity contribution in [3.63, 3.8) is 0 Å². The zero-order chi connectivity index (χ0) is 44.5. The number of carbonyl (C=O) groups is 4.